The molecule has 0 radical (unpaired) electrons. The van der Waals surface area contributed by atoms with E-state index in [4.69, 9.17) is 37.4 Å². The summed E-state index contributed by atoms with van der Waals surface area (Å²) in [4.78, 5) is 12.5. The fourth-order valence-corrected chi connectivity index (χ4v) is 2.35. The highest BCUT2D eigenvalue weighted by atomic mass is 35.5. The Hall–Kier alpha value is -2.11. The number of rotatable bonds is 5. The third-order valence-corrected chi connectivity index (χ3v) is 3.87. The molecule has 0 aliphatic carbocycles. The molecule has 23 heavy (non-hydrogen) atoms. The molecule has 0 atom stereocenters. The SMILES string of the molecule is COc1ccc(C(=O)Nc2ccc(Cl)c(Cl)c2)c(OC)c1OC. The number of halogens is 2. The van der Waals surface area contributed by atoms with E-state index in [1.54, 1.807) is 30.3 Å². The highest BCUT2D eigenvalue weighted by Crippen LogP contribution is 2.40. The zero-order valence-corrected chi connectivity index (χ0v) is 14.3. The van der Waals surface area contributed by atoms with Gasteiger partial charge in [0.15, 0.2) is 11.5 Å². The van der Waals surface area contributed by atoms with E-state index in [-0.39, 0.29) is 11.7 Å². The van der Waals surface area contributed by atoms with E-state index in [1.807, 2.05) is 0 Å². The van der Waals surface area contributed by atoms with E-state index in [1.165, 1.54) is 21.3 Å². The van der Waals surface area contributed by atoms with Gasteiger partial charge in [0.1, 0.15) is 0 Å². The van der Waals surface area contributed by atoms with Gasteiger partial charge in [-0.05, 0) is 30.3 Å². The Balaban J connectivity index is 2.37. The summed E-state index contributed by atoms with van der Waals surface area (Å²) in [5.74, 6) is 0.720. The van der Waals surface area contributed by atoms with Crippen LogP contribution in [-0.2, 0) is 0 Å². The van der Waals surface area contributed by atoms with Crippen molar-refractivity contribution in [2.75, 3.05) is 26.6 Å². The van der Waals surface area contributed by atoms with Crippen molar-refractivity contribution >= 4 is 34.8 Å². The maximum absolute atomic E-state index is 12.5. The smallest absolute Gasteiger partial charge is 0.259 e. The van der Waals surface area contributed by atoms with Crippen LogP contribution in [0.15, 0.2) is 30.3 Å². The summed E-state index contributed by atoms with van der Waals surface area (Å²) < 4.78 is 15.8. The lowest BCUT2D eigenvalue weighted by Crippen LogP contribution is -2.14. The van der Waals surface area contributed by atoms with Gasteiger partial charge in [0, 0.05) is 5.69 Å². The van der Waals surface area contributed by atoms with Crippen LogP contribution >= 0.6 is 23.2 Å². The minimum Gasteiger partial charge on any atom is -0.493 e. The van der Waals surface area contributed by atoms with Crippen molar-refractivity contribution in [3.8, 4) is 17.2 Å². The zero-order chi connectivity index (χ0) is 17.0. The normalized spacial score (nSPS) is 10.1. The molecule has 0 spiro atoms. The molecule has 0 aliphatic heterocycles. The Morgan fingerprint density at radius 3 is 2.17 bits per heavy atom. The molecule has 122 valence electrons. The Kier molecular flexibility index (Phi) is 5.58. The van der Waals surface area contributed by atoms with Crippen LogP contribution in [-0.4, -0.2) is 27.2 Å². The maximum atomic E-state index is 12.5. The van der Waals surface area contributed by atoms with Gasteiger partial charge in [0.05, 0.1) is 36.9 Å². The number of carbonyl (C=O) groups excluding carboxylic acids is 1. The van der Waals surface area contributed by atoms with Gasteiger partial charge in [-0.2, -0.15) is 0 Å². The molecule has 0 aliphatic rings. The van der Waals surface area contributed by atoms with Crippen molar-refractivity contribution in [1.29, 1.82) is 0 Å². The van der Waals surface area contributed by atoms with Gasteiger partial charge in [-0.15, -0.1) is 0 Å². The number of carbonyl (C=O) groups is 1. The first-order valence-electron chi connectivity index (χ1n) is 6.57. The molecule has 1 N–H and O–H groups in total. The molecule has 2 aromatic rings. The lowest BCUT2D eigenvalue weighted by Gasteiger charge is -2.15. The van der Waals surface area contributed by atoms with Crippen LogP contribution in [0.25, 0.3) is 0 Å². The van der Waals surface area contributed by atoms with E-state index >= 15 is 0 Å². The Labute approximate surface area is 144 Å². The first kappa shape index (κ1) is 17.2. The third kappa shape index (κ3) is 3.63. The topological polar surface area (TPSA) is 56.8 Å². The second kappa shape index (κ2) is 7.44. The van der Waals surface area contributed by atoms with Gasteiger partial charge in [-0.25, -0.2) is 0 Å². The first-order valence-corrected chi connectivity index (χ1v) is 7.32. The number of ether oxygens (including phenoxy) is 3. The molecule has 5 nitrogen and oxygen atoms in total. The number of anilines is 1. The predicted octanol–water partition coefficient (Wildman–Crippen LogP) is 4.27. The summed E-state index contributed by atoms with van der Waals surface area (Å²) in [6, 6.07) is 8.04. The zero-order valence-electron chi connectivity index (χ0n) is 12.8. The van der Waals surface area contributed by atoms with Crippen LogP contribution in [0.1, 0.15) is 10.4 Å². The lowest BCUT2D eigenvalue weighted by atomic mass is 10.1. The van der Waals surface area contributed by atoms with E-state index < -0.39 is 0 Å². The molecular formula is C16H15Cl2NO4. The van der Waals surface area contributed by atoms with Gasteiger partial charge < -0.3 is 19.5 Å². The standard InChI is InChI=1S/C16H15Cl2NO4/c1-21-13-7-5-10(14(22-2)15(13)23-3)16(20)19-9-4-6-11(17)12(18)8-9/h4-8H,1-3H3,(H,19,20). The number of nitrogens with one attached hydrogen (secondary N) is 1. The Morgan fingerprint density at radius 1 is 0.913 bits per heavy atom. The minimum atomic E-state index is -0.374. The van der Waals surface area contributed by atoms with Crippen LogP contribution in [0.3, 0.4) is 0 Å². The number of amides is 1. The second-order valence-electron chi connectivity index (χ2n) is 4.46. The minimum absolute atomic E-state index is 0.282. The highest BCUT2D eigenvalue weighted by Gasteiger charge is 2.20. The quantitative estimate of drug-likeness (QED) is 0.869. The molecule has 2 rings (SSSR count). The van der Waals surface area contributed by atoms with Gasteiger partial charge in [-0.1, -0.05) is 23.2 Å². The number of benzene rings is 2. The van der Waals surface area contributed by atoms with Crippen LogP contribution in [0, 0.1) is 0 Å². The van der Waals surface area contributed by atoms with Crippen LogP contribution in [0.2, 0.25) is 10.0 Å². The van der Waals surface area contributed by atoms with E-state index in [2.05, 4.69) is 5.32 Å². The van der Waals surface area contributed by atoms with Crippen molar-refractivity contribution in [2.45, 2.75) is 0 Å². The molecule has 0 aromatic heterocycles. The molecule has 2 aromatic carbocycles. The summed E-state index contributed by atoms with van der Waals surface area (Å²) in [7, 11) is 4.43. The van der Waals surface area contributed by atoms with E-state index in [0.29, 0.717) is 32.8 Å². The lowest BCUT2D eigenvalue weighted by molar-refractivity contribution is 0.102. The van der Waals surface area contributed by atoms with Crippen molar-refractivity contribution in [3.63, 3.8) is 0 Å². The molecule has 0 unspecified atom stereocenters. The largest absolute Gasteiger partial charge is 0.493 e. The van der Waals surface area contributed by atoms with Gasteiger partial charge >= 0.3 is 0 Å². The maximum Gasteiger partial charge on any atom is 0.259 e. The number of hydrogen-bond donors (Lipinski definition) is 1. The van der Waals surface area contributed by atoms with E-state index in [0.717, 1.165) is 0 Å². The van der Waals surface area contributed by atoms with Crippen LogP contribution in [0.4, 0.5) is 5.69 Å². The summed E-state index contributed by atoms with van der Waals surface area (Å²) >= 11 is 11.8. The predicted molar refractivity (Wildman–Crippen MR) is 90.5 cm³/mol. The van der Waals surface area contributed by atoms with Gasteiger partial charge in [0.2, 0.25) is 5.75 Å². The summed E-state index contributed by atoms with van der Waals surface area (Å²) in [6.45, 7) is 0. The van der Waals surface area contributed by atoms with Gasteiger partial charge in [0.25, 0.3) is 5.91 Å². The van der Waals surface area contributed by atoms with Gasteiger partial charge in [-0.3, -0.25) is 4.79 Å². The molecular weight excluding hydrogens is 341 g/mol. The van der Waals surface area contributed by atoms with Crippen molar-refractivity contribution in [3.05, 3.63) is 45.9 Å². The van der Waals surface area contributed by atoms with Crippen molar-refractivity contribution in [1.82, 2.24) is 0 Å². The Morgan fingerprint density at radius 2 is 1.61 bits per heavy atom. The molecule has 0 saturated heterocycles. The van der Waals surface area contributed by atoms with Crippen LogP contribution in [0.5, 0.6) is 17.2 Å². The van der Waals surface area contributed by atoms with Crippen molar-refractivity contribution < 1.29 is 19.0 Å². The number of hydrogen-bond acceptors (Lipinski definition) is 4. The fraction of sp³-hybridized carbons (Fsp3) is 0.188. The fourth-order valence-electron chi connectivity index (χ4n) is 2.05. The highest BCUT2D eigenvalue weighted by molar-refractivity contribution is 6.42. The average Bonchev–Trinajstić information content (AvgIpc) is 2.56. The molecule has 0 heterocycles. The van der Waals surface area contributed by atoms with Crippen molar-refractivity contribution in [2.24, 2.45) is 0 Å². The first-order chi connectivity index (χ1) is 11.0. The summed E-state index contributed by atoms with van der Waals surface area (Å²) in [5, 5.41) is 3.49. The molecule has 1 amide bonds. The molecule has 0 fully saturated rings. The average molecular weight is 356 g/mol. The third-order valence-electron chi connectivity index (χ3n) is 3.13. The molecule has 7 heteroatoms. The monoisotopic (exact) mass is 355 g/mol. The number of methoxy groups -OCH3 is 3. The second-order valence-corrected chi connectivity index (χ2v) is 5.28. The summed E-state index contributed by atoms with van der Waals surface area (Å²) in [6.07, 6.45) is 0. The van der Waals surface area contributed by atoms with Crippen LogP contribution < -0.4 is 19.5 Å². The molecule has 0 saturated carbocycles. The summed E-state index contributed by atoms with van der Waals surface area (Å²) in [5.41, 5.74) is 0.817. The molecule has 0 bridgehead atoms. The Bertz CT molecular complexity index is 734. The van der Waals surface area contributed by atoms with E-state index in [9.17, 15) is 4.79 Å².